The van der Waals surface area contributed by atoms with Crippen LogP contribution < -0.4 is 10.6 Å². The number of rotatable bonds is 2. The van der Waals surface area contributed by atoms with Crippen molar-refractivity contribution in [1.82, 2.24) is 0 Å². The first-order chi connectivity index (χ1) is 10.1. The van der Waals surface area contributed by atoms with Crippen molar-refractivity contribution in [3.05, 3.63) is 63.9 Å². The summed E-state index contributed by atoms with van der Waals surface area (Å²) in [5.41, 5.74) is 8.97. The lowest BCUT2D eigenvalue weighted by molar-refractivity contribution is 0.623. The number of anilines is 1. The molecule has 3 rings (SSSR count). The fourth-order valence-corrected chi connectivity index (χ4v) is 3.16. The lowest BCUT2D eigenvalue weighted by Crippen LogP contribution is -2.36. The minimum atomic E-state index is -0.226. The van der Waals surface area contributed by atoms with Gasteiger partial charge in [-0.15, -0.1) is 0 Å². The van der Waals surface area contributed by atoms with Gasteiger partial charge in [-0.1, -0.05) is 18.2 Å². The van der Waals surface area contributed by atoms with Gasteiger partial charge in [-0.2, -0.15) is 0 Å². The maximum atomic E-state index is 13.3. The van der Waals surface area contributed by atoms with Gasteiger partial charge in [-0.3, -0.25) is 4.99 Å². The second-order valence-corrected chi connectivity index (χ2v) is 5.89. The molecule has 0 saturated carbocycles. The van der Waals surface area contributed by atoms with Gasteiger partial charge < -0.3 is 10.6 Å². The summed E-state index contributed by atoms with van der Waals surface area (Å²) in [4.78, 5) is 6.35. The van der Waals surface area contributed by atoms with E-state index >= 15 is 0 Å². The molecule has 108 valence electrons. The molecule has 2 aromatic carbocycles. The largest absolute Gasteiger partial charge is 0.369 e. The summed E-state index contributed by atoms with van der Waals surface area (Å²) in [7, 11) is 0. The predicted molar refractivity (Wildman–Crippen MR) is 87.0 cm³/mol. The van der Waals surface area contributed by atoms with Crippen molar-refractivity contribution in [2.45, 2.75) is 13.0 Å². The minimum absolute atomic E-state index is 0.00991. The molecule has 1 aliphatic heterocycles. The second-order valence-electron chi connectivity index (χ2n) is 5.04. The van der Waals surface area contributed by atoms with Gasteiger partial charge >= 0.3 is 0 Å². The Labute approximate surface area is 131 Å². The Morgan fingerprint density at radius 1 is 1.29 bits per heavy atom. The van der Waals surface area contributed by atoms with E-state index < -0.39 is 0 Å². The van der Waals surface area contributed by atoms with Crippen molar-refractivity contribution in [2.24, 2.45) is 10.7 Å². The number of halogens is 2. The molecule has 21 heavy (non-hydrogen) atoms. The smallest absolute Gasteiger partial charge is 0.196 e. The Kier molecular flexibility index (Phi) is 3.68. The van der Waals surface area contributed by atoms with Crippen LogP contribution in [-0.4, -0.2) is 12.5 Å². The molecule has 1 unspecified atom stereocenters. The Morgan fingerprint density at radius 3 is 2.76 bits per heavy atom. The Morgan fingerprint density at radius 2 is 2.05 bits per heavy atom. The number of nitrogens with zero attached hydrogens (tertiary/aromatic N) is 2. The highest BCUT2D eigenvalue weighted by molar-refractivity contribution is 9.10. The van der Waals surface area contributed by atoms with Crippen LogP contribution in [0.15, 0.2) is 51.9 Å². The highest BCUT2D eigenvalue weighted by Crippen LogP contribution is 2.36. The molecule has 0 bridgehead atoms. The third kappa shape index (κ3) is 2.53. The molecule has 3 nitrogen and oxygen atoms in total. The predicted octanol–water partition coefficient (Wildman–Crippen LogP) is 3.77. The third-order valence-corrected chi connectivity index (χ3v) is 4.36. The zero-order valence-corrected chi connectivity index (χ0v) is 13.1. The molecule has 2 N–H and O–H groups in total. The molecule has 5 heteroatoms. The fourth-order valence-electron chi connectivity index (χ4n) is 2.69. The van der Waals surface area contributed by atoms with Crippen LogP contribution in [-0.2, 0) is 0 Å². The van der Waals surface area contributed by atoms with E-state index in [0.717, 1.165) is 21.3 Å². The number of aryl methyl sites for hydroxylation is 1. The lowest BCUT2D eigenvalue weighted by Gasteiger charge is -2.28. The summed E-state index contributed by atoms with van der Waals surface area (Å²) in [5, 5.41) is 0. The van der Waals surface area contributed by atoms with Crippen LogP contribution in [0.25, 0.3) is 0 Å². The summed E-state index contributed by atoms with van der Waals surface area (Å²) in [5.74, 6) is 0.256. The van der Waals surface area contributed by atoms with Crippen LogP contribution in [0.3, 0.4) is 0 Å². The SMILES string of the molecule is Cc1cc(F)ccc1C1CN=C(N)N1c1ccccc1Br. The molecule has 0 fully saturated rings. The summed E-state index contributed by atoms with van der Waals surface area (Å²) >= 11 is 3.55. The molecule has 1 atom stereocenters. The van der Waals surface area contributed by atoms with E-state index in [0.29, 0.717) is 12.5 Å². The van der Waals surface area contributed by atoms with Crippen LogP contribution in [0.4, 0.5) is 10.1 Å². The van der Waals surface area contributed by atoms with E-state index in [4.69, 9.17) is 5.73 Å². The van der Waals surface area contributed by atoms with E-state index in [9.17, 15) is 4.39 Å². The number of hydrogen-bond donors (Lipinski definition) is 1. The highest BCUT2D eigenvalue weighted by Gasteiger charge is 2.30. The molecule has 0 aliphatic carbocycles. The molecule has 1 heterocycles. The normalized spacial score (nSPS) is 18.0. The van der Waals surface area contributed by atoms with E-state index in [1.807, 2.05) is 42.2 Å². The Balaban J connectivity index is 2.05. The van der Waals surface area contributed by atoms with Crippen molar-refractivity contribution < 1.29 is 4.39 Å². The van der Waals surface area contributed by atoms with Crippen LogP contribution in [0.5, 0.6) is 0 Å². The van der Waals surface area contributed by atoms with E-state index in [-0.39, 0.29) is 11.9 Å². The first-order valence-corrected chi connectivity index (χ1v) is 7.47. The molecule has 0 amide bonds. The van der Waals surface area contributed by atoms with Gasteiger partial charge in [0.2, 0.25) is 0 Å². The summed E-state index contributed by atoms with van der Waals surface area (Å²) in [6.45, 7) is 2.48. The topological polar surface area (TPSA) is 41.6 Å². The molecule has 0 aromatic heterocycles. The number of hydrogen-bond acceptors (Lipinski definition) is 3. The number of benzene rings is 2. The molecule has 0 spiro atoms. The molecule has 0 radical (unpaired) electrons. The first kappa shape index (κ1) is 14.1. The number of para-hydroxylation sites is 1. The number of aliphatic imine (C=N–C) groups is 1. The van der Waals surface area contributed by atoms with Gasteiger partial charge in [0.05, 0.1) is 18.3 Å². The first-order valence-electron chi connectivity index (χ1n) is 6.67. The van der Waals surface area contributed by atoms with Gasteiger partial charge in [0.15, 0.2) is 5.96 Å². The van der Waals surface area contributed by atoms with Crippen LogP contribution in [0.2, 0.25) is 0 Å². The zero-order valence-electron chi connectivity index (χ0n) is 11.6. The maximum Gasteiger partial charge on any atom is 0.196 e. The second kappa shape index (κ2) is 5.48. The van der Waals surface area contributed by atoms with Crippen molar-refractivity contribution in [3.8, 4) is 0 Å². The number of nitrogens with two attached hydrogens (primary N) is 1. The number of guanidine groups is 1. The van der Waals surface area contributed by atoms with E-state index in [1.54, 1.807) is 6.07 Å². The van der Waals surface area contributed by atoms with Gasteiger partial charge in [0.1, 0.15) is 5.82 Å². The van der Waals surface area contributed by atoms with Gasteiger partial charge in [0, 0.05) is 4.47 Å². The standard InChI is InChI=1S/C16H15BrFN3/c1-10-8-11(18)6-7-12(10)15-9-20-16(19)21(15)14-5-3-2-4-13(14)17/h2-8,15H,9H2,1H3,(H2,19,20). The lowest BCUT2D eigenvalue weighted by atomic mass is 10.00. The van der Waals surface area contributed by atoms with Crippen molar-refractivity contribution in [1.29, 1.82) is 0 Å². The Bertz CT molecular complexity index is 714. The quantitative estimate of drug-likeness (QED) is 0.898. The van der Waals surface area contributed by atoms with Crippen LogP contribution in [0, 0.1) is 12.7 Å². The summed E-state index contributed by atoms with van der Waals surface area (Å²) in [6, 6.07) is 12.7. The average Bonchev–Trinajstić information content (AvgIpc) is 2.81. The van der Waals surface area contributed by atoms with Crippen LogP contribution in [0.1, 0.15) is 17.2 Å². The Hall–Kier alpha value is -1.88. The van der Waals surface area contributed by atoms with Gasteiger partial charge in [-0.05, 0) is 58.2 Å². The minimum Gasteiger partial charge on any atom is -0.369 e. The monoisotopic (exact) mass is 347 g/mol. The van der Waals surface area contributed by atoms with E-state index in [1.165, 1.54) is 6.07 Å². The highest BCUT2D eigenvalue weighted by atomic mass is 79.9. The molecule has 1 aliphatic rings. The fraction of sp³-hybridized carbons (Fsp3) is 0.188. The van der Waals surface area contributed by atoms with E-state index in [2.05, 4.69) is 20.9 Å². The van der Waals surface area contributed by atoms with Gasteiger partial charge in [-0.25, -0.2) is 4.39 Å². The van der Waals surface area contributed by atoms with Crippen molar-refractivity contribution >= 4 is 27.6 Å². The van der Waals surface area contributed by atoms with Gasteiger partial charge in [0.25, 0.3) is 0 Å². The maximum absolute atomic E-state index is 13.3. The average molecular weight is 348 g/mol. The van der Waals surface area contributed by atoms with Crippen molar-refractivity contribution in [2.75, 3.05) is 11.4 Å². The third-order valence-electron chi connectivity index (χ3n) is 3.69. The zero-order chi connectivity index (χ0) is 15.0. The molecular weight excluding hydrogens is 333 g/mol. The van der Waals surface area contributed by atoms with Crippen LogP contribution >= 0.6 is 15.9 Å². The summed E-state index contributed by atoms with van der Waals surface area (Å²) in [6.07, 6.45) is 0. The van der Waals surface area contributed by atoms with Crippen molar-refractivity contribution in [3.63, 3.8) is 0 Å². The molecule has 0 saturated heterocycles. The summed E-state index contributed by atoms with van der Waals surface area (Å²) < 4.78 is 14.3. The molecule has 2 aromatic rings. The molecular formula is C16H15BrFN3.